The molecule has 0 spiro atoms. The number of aliphatic hydroxyl groups excluding tert-OH is 1. The number of hydrogen-bond acceptors (Lipinski definition) is 6. The molecule has 0 radical (unpaired) electrons. The molecule has 2 amide bonds. The van der Waals surface area contributed by atoms with Crippen molar-refractivity contribution in [3.05, 3.63) is 82.6 Å². The van der Waals surface area contributed by atoms with E-state index in [1.54, 1.807) is 6.20 Å². The number of nitrogen functional groups attached to an aromatic ring is 1. The standard InChI is InChI=1S/C22H23FN4O3S/c23-16-8-6-15(7-9-16)18(20(29)25-11-17-12-27-22(24)31-17)13-26-21(30)19(28)10-14-4-2-1-3-5-14/h1-9,12,18-19,28H,10-11,13H2,(H2,24,27)(H,25,29)(H,26,30)/t18-,19+/m0/s1. The molecule has 162 valence electrons. The molecule has 0 unspecified atom stereocenters. The van der Waals surface area contributed by atoms with Crippen LogP contribution in [0.4, 0.5) is 9.52 Å². The number of rotatable bonds is 9. The first-order chi connectivity index (χ1) is 14.9. The maximum Gasteiger partial charge on any atom is 0.249 e. The third-order valence-electron chi connectivity index (χ3n) is 4.65. The van der Waals surface area contributed by atoms with Gasteiger partial charge in [-0.25, -0.2) is 9.37 Å². The summed E-state index contributed by atoms with van der Waals surface area (Å²) in [6.07, 6.45) is 0.487. The lowest BCUT2D eigenvalue weighted by Crippen LogP contribution is -2.41. The number of carbonyl (C=O) groups excluding carboxylic acids is 2. The molecule has 0 aliphatic heterocycles. The van der Waals surface area contributed by atoms with Gasteiger partial charge < -0.3 is 21.5 Å². The zero-order valence-electron chi connectivity index (χ0n) is 16.6. The second-order valence-corrected chi connectivity index (χ2v) is 8.08. The summed E-state index contributed by atoms with van der Waals surface area (Å²) >= 11 is 1.26. The van der Waals surface area contributed by atoms with Crippen molar-refractivity contribution < 1.29 is 19.1 Å². The third kappa shape index (κ3) is 6.59. The minimum absolute atomic E-state index is 0.0486. The van der Waals surface area contributed by atoms with Gasteiger partial charge in [0.2, 0.25) is 11.8 Å². The van der Waals surface area contributed by atoms with Crippen molar-refractivity contribution >= 4 is 28.3 Å². The SMILES string of the molecule is Nc1ncc(CNC(=O)[C@@H](CNC(=O)[C@H](O)Cc2ccccc2)c2ccc(F)cc2)s1. The lowest BCUT2D eigenvalue weighted by atomic mass is 9.97. The van der Waals surface area contributed by atoms with Crippen LogP contribution < -0.4 is 16.4 Å². The number of amides is 2. The van der Waals surface area contributed by atoms with E-state index in [0.29, 0.717) is 10.7 Å². The topological polar surface area (TPSA) is 117 Å². The zero-order chi connectivity index (χ0) is 22.2. The lowest BCUT2D eigenvalue weighted by Gasteiger charge is -2.19. The molecule has 0 aliphatic carbocycles. The average Bonchev–Trinajstić information content (AvgIpc) is 3.19. The quantitative estimate of drug-likeness (QED) is 0.404. The summed E-state index contributed by atoms with van der Waals surface area (Å²) in [5.74, 6) is -2.13. The van der Waals surface area contributed by atoms with Gasteiger partial charge in [0.1, 0.15) is 11.9 Å². The van der Waals surface area contributed by atoms with Gasteiger partial charge in [-0.15, -0.1) is 11.3 Å². The fourth-order valence-corrected chi connectivity index (χ4v) is 3.63. The van der Waals surface area contributed by atoms with Crippen molar-refractivity contribution in [2.75, 3.05) is 12.3 Å². The molecule has 3 rings (SSSR count). The molecule has 1 heterocycles. The van der Waals surface area contributed by atoms with Crippen molar-refractivity contribution in [3.8, 4) is 0 Å². The average molecular weight is 443 g/mol. The number of aliphatic hydroxyl groups is 1. The van der Waals surface area contributed by atoms with E-state index < -0.39 is 23.7 Å². The Kier molecular flexibility index (Phi) is 7.69. The molecular weight excluding hydrogens is 419 g/mol. The Labute approximate surface area is 183 Å². The van der Waals surface area contributed by atoms with Gasteiger partial charge >= 0.3 is 0 Å². The van der Waals surface area contributed by atoms with Crippen LogP contribution in [0.1, 0.15) is 21.9 Å². The number of nitrogens with one attached hydrogen (secondary N) is 2. The number of benzene rings is 2. The van der Waals surface area contributed by atoms with Gasteiger partial charge in [0.15, 0.2) is 5.13 Å². The summed E-state index contributed by atoms with van der Waals surface area (Å²) in [4.78, 5) is 29.9. The molecule has 0 fully saturated rings. The number of halogens is 1. The van der Waals surface area contributed by atoms with Crippen LogP contribution in [0.3, 0.4) is 0 Å². The third-order valence-corrected chi connectivity index (χ3v) is 5.48. The van der Waals surface area contributed by atoms with Crippen LogP contribution in [0.2, 0.25) is 0 Å². The molecule has 1 aromatic heterocycles. The minimum Gasteiger partial charge on any atom is -0.383 e. The number of nitrogens with two attached hydrogens (primary N) is 1. The predicted molar refractivity (Wildman–Crippen MR) is 117 cm³/mol. The minimum atomic E-state index is -1.25. The molecule has 0 saturated carbocycles. The van der Waals surface area contributed by atoms with Gasteiger partial charge in [0.05, 0.1) is 12.5 Å². The number of nitrogens with zero attached hydrogens (tertiary/aromatic N) is 1. The summed E-state index contributed by atoms with van der Waals surface area (Å²) in [6.45, 7) is 0.183. The number of carbonyl (C=O) groups is 2. The maximum atomic E-state index is 13.3. The summed E-state index contributed by atoms with van der Waals surface area (Å²) in [7, 11) is 0. The van der Waals surface area contributed by atoms with Crippen LogP contribution >= 0.6 is 11.3 Å². The van der Waals surface area contributed by atoms with Gasteiger partial charge in [-0.05, 0) is 23.3 Å². The first kappa shape index (κ1) is 22.4. The smallest absolute Gasteiger partial charge is 0.249 e. The Bertz CT molecular complexity index is 1010. The van der Waals surface area contributed by atoms with Crippen molar-refractivity contribution in [1.29, 1.82) is 0 Å². The fraction of sp³-hybridized carbons (Fsp3) is 0.227. The van der Waals surface area contributed by atoms with Gasteiger partial charge in [-0.1, -0.05) is 42.5 Å². The molecule has 2 aromatic carbocycles. The second-order valence-electron chi connectivity index (χ2n) is 6.94. The van der Waals surface area contributed by atoms with Crippen molar-refractivity contribution in [2.45, 2.75) is 25.0 Å². The molecule has 5 N–H and O–H groups in total. The molecule has 31 heavy (non-hydrogen) atoms. The molecule has 7 nitrogen and oxygen atoms in total. The van der Waals surface area contributed by atoms with Gasteiger partial charge in [0.25, 0.3) is 0 Å². The van der Waals surface area contributed by atoms with Crippen LogP contribution in [0.25, 0.3) is 0 Å². The highest BCUT2D eigenvalue weighted by Crippen LogP contribution is 2.18. The summed E-state index contributed by atoms with van der Waals surface area (Å²) < 4.78 is 13.3. The van der Waals surface area contributed by atoms with E-state index in [1.165, 1.54) is 35.6 Å². The largest absolute Gasteiger partial charge is 0.383 e. The molecular formula is C22H23FN4O3S. The van der Waals surface area contributed by atoms with Crippen LogP contribution in [-0.4, -0.2) is 34.6 Å². The number of hydrogen-bond donors (Lipinski definition) is 4. The van der Waals surface area contributed by atoms with Crippen LogP contribution in [0.5, 0.6) is 0 Å². The van der Waals surface area contributed by atoms with Gasteiger partial charge in [0, 0.05) is 24.0 Å². The Morgan fingerprint density at radius 3 is 2.42 bits per heavy atom. The van der Waals surface area contributed by atoms with Gasteiger partial charge in [-0.2, -0.15) is 0 Å². The number of thiazole rings is 1. The Morgan fingerprint density at radius 1 is 1.06 bits per heavy atom. The summed E-state index contributed by atoms with van der Waals surface area (Å²) in [5.41, 5.74) is 6.97. The maximum absolute atomic E-state index is 13.3. The Balaban J connectivity index is 1.63. The van der Waals surface area contributed by atoms with Crippen LogP contribution in [-0.2, 0) is 22.6 Å². The second kappa shape index (κ2) is 10.6. The van der Waals surface area contributed by atoms with Crippen LogP contribution in [0.15, 0.2) is 60.8 Å². The molecule has 0 saturated heterocycles. The van der Waals surface area contributed by atoms with Crippen LogP contribution in [0, 0.1) is 5.82 Å². The summed E-state index contributed by atoms with van der Waals surface area (Å²) in [5, 5.41) is 16.0. The van der Waals surface area contributed by atoms with Crippen molar-refractivity contribution in [3.63, 3.8) is 0 Å². The number of aromatic nitrogens is 1. The molecule has 0 aliphatic rings. The predicted octanol–water partition coefficient (Wildman–Crippen LogP) is 1.98. The van der Waals surface area contributed by atoms with E-state index in [4.69, 9.17) is 5.73 Å². The zero-order valence-corrected chi connectivity index (χ0v) is 17.4. The highest BCUT2D eigenvalue weighted by Gasteiger charge is 2.23. The first-order valence-electron chi connectivity index (χ1n) is 9.65. The lowest BCUT2D eigenvalue weighted by molar-refractivity contribution is -0.129. The van der Waals surface area contributed by atoms with E-state index in [9.17, 15) is 19.1 Å². The van der Waals surface area contributed by atoms with Gasteiger partial charge in [-0.3, -0.25) is 9.59 Å². The molecule has 9 heteroatoms. The Morgan fingerprint density at radius 2 is 1.77 bits per heavy atom. The molecule has 3 aromatic rings. The summed E-state index contributed by atoms with van der Waals surface area (Å²) in [6, 6.07) is 14.6. The monoisotopic (exact) mass is 442 g/mol. The van der Waals surface area contributed by atoms with Crippen molar-refractivity contribution in [1.82, 2.24) is 15.6 Å². The molecule has 0 bridgehead atoms. The number of anilines is 1. The van der Waals surface area contributed by atoms with E-state index in [-0.39, 0.29) is 25.4 Å². The van der Waals surface area contributed by atoms with Crippen molar-refractivity contribution in [2.24, 2.45) is 0 Å². The Hall–Kier alpha value is -3.30. The normalized spacial score (nSPS) is 12.7. The van der Waals surface area contributed by atoms with E-state index in [1.807, 2.05) is 30.3 Å². The molecule has 2 atom stereocenters. The highest BCUT2D eigenvalue weighted by atomic mass is 32.1. The first-order valence-corrected chi connectivity index (χ1v) is 10.5. The highest BCUT2D eigenvalue weighted by molar-refractivity contribution is 7.15. The fourth-order valence-electron chi connectivity index (χ4n) is 3.01. The van der Waals surface area contributed by atoms with E-state index in [0.717, 1.165) is 10.4 Å². The van der Waals surface area contributed by atoms with E-state index >= 15 is 0 Å². The van der Waals surface area contributed by atoms with E-state index in [2.05, 4.69) is 15.6 Å².